The number of hydrogen-bond donors (Lipinski definition) is 1. The van der Waals surface area contributed by atoms with Crippen molar-refractivity contribution < 1.29 is 17.6 Å². The van der Waals surface area contributed by atoms with Crippen LogP contribution in [-0.4, -0.2) is 25.3 Å². The highest BCUT2D eigenvalue weighted by atomic mass is 19.4. The standard InChI is InChI=1S/C15H20F4N2/c1-10(20)9-12-13(16)3-2-4-14(12)21-7-5-11(6-8-21)15(17,18)19/h2-4,10-11H,5-9,20H2,1H3. The van der Waals surface area contributed by atoms with Gasteiger partial charge in [0.05, 0.1) is 5.92 Å². The average molecular weight is 304 g/mol. The molecule has 0 amide bonds. The predicted octanol–water partition coefficient (Wildman–Crippen LogP) is 3.49. The van der Waals surface area contributed by atoms with Crippen LogP contribution in [0, 0.1) is 11.7 Å². The number of alkyl halides is 3. The van der Waals surface area contributed by atoms with Crippen LogP contribution in [0.3, 0.4) is 0 Å². The van der Waals surface area contributed by atoms with Crippen molar-refractivity contribution in [2.45, 2.75) is 38.4 Å². The van der Waals surface area contributed by atoms with E-state index in [0.29, 0.717) is 30.8 Å². The van der Waals surface area contributed by atoms with E-state index in [-0.39, 0.29) is 24.7 Å². The molecule has 2 rings (SSSR count). The van der Waals surface area contributed by atoms with Crippen LogP contribution >= 0.6 is 0 Å². The number of hydrogen-bond acceptors (Lipinski definition) is 2. The largest absolute Gasteiger partial charge is 0.391 e. The smallest absolute Gasteiger partial charge is 0.371 e. The Morgan fingerprint density at radius 1 is 1.29 bits per heavy atom. The average Bonchev–Trinajstić information content (AvgIpc) is 2.40. The molecule has 0 saturated carbocycles. The van der Waals surface area contributed by atoms with E-state index in [0.717, 1.165) is 0 Å². The zero-order valence-electron chi connectivity index (χ0n) is 12.0. The maximum absolute atomic E-state index is 14.0. The number of rotatable bonds is 3. The summed E-state index contributed by atoms with van der Waals surface area (Å²) in [5, 5.41) is 0. The van der Waals surface area contributed by atoms with E-state index >= 15 is 0 Å². The molecule has 0 spiro atoms. The minimum absolute atomic E-state index is 0.0532. The predicted molar refractivity (Wildman–Crippen MR) is 74.7 cm³/mol. The van der Waals surface area contributed by atoms with E-state index in [2.05, 4.69) is 0 Å². The Morgan fingerprint density at radius 3 is 2.43 bits per heavy atom. The molecule has 1 aliphatic heterocycles. The lowest BCUT2D eigenvalue weighted by Gasteiger charge is -2.35. The lowest BCUT2D eigenvalue weighted by molar-refractivity contribution is -0.179. The van der Waals surface area contributed by atoms with Gasteiger partial charge in [0.25, 0.3) is 0 Å². The van der Waals surface area contributed by atoms with Crippen LogP contribution < -0.4 is 10.6 Å². The fourth-order valence-corrected chi connectivity index (χ4v) is 2.82. The first-order valence-corrected chi connectivity index (χ1v) is 7.13. The fraction of sp³-hybridized carbons (Fsp3) is 0.600. The summed E-state index contributed by atoms with van der Waals surface area (Å²) in [6, 6.07) is 4.51. The monoisotopic (exact) mass is 304 g/mol. The molecule has 2 nitrogen and oxygen atoms in total. The zero-order chi connectivity index (χ0) is 15.6. The summed E-state index contributed by atoms with van der Waals surface area (Å²) in [7, 11) is 0. The van der Waals surface area contributed by atoms with Gasteiger partial charge in [-0.2, -0.15) is 13.2 Å². The topological polar surface area (TPSA) is 29.3 Å². The van der Waals surface area contributed by atoms with Crippen molar-refractivity contribution in [3.05, 3.63) is 29.6 Å². The second-order valence-corrected chi connectivity index (χ2v) is 5.72. The van der Waals surface area contributed by atoms with E-state index in [1.54, 1.807) is 19.1 Å². The molecule has 1 aliphatic rings. The second-order valence-electron chi connectivity index (χ2n) is 5.72. The first kappa shape index (κ1) is 16.1. The molecule has 6 heteroatoms. The lowest BCUT2D eigenvalue weighted by Crippen LogP contribution is -2.39. The van der Waals surface area contributed by atoms with Crippen LogP contribution in [0.15, 0.2) is 18.2 Å². The van der Waals surface area contributed by atoms with Crippen LogP contribution in [-0.2, 0) is 6.42 Å². The van der Waals surface area contributed by atoms with Gasteiger partial charge in [0.15, 0.2) is 0 Å². The first-order chi connectivity index (χ1) is 9.79. The second kappa shape index (κ2) is 6.22. The molecular formula is C15H20F4N2. The Balaban J connectivity index is 2.15. The van der Waals surface area contributed by atoms with Crippen molar-refractivity contribution in [2.24, 2.45) is 11.7 Å². The molecule has 1 unspecified atom stereocenters. The summed E-state index contributed by atoms with van der Waals surface area (Å²) in [6.07, 6.45) is -3.65. The van der Waals surface area contributed by atoms with E-state index in [1.807, 2.05) is 4.90 Å². The van der Waals surface area contributed by atoms with E-state index in [9.17, 15) is 17.6 Å². The number of nitrogens with two attached hydrogens (primary N) is 1. The first-order valence-electron chi connectivity index (χ1n) is 7.13. The summed E-state index contributed by atoms with van der Waals surface area (Å²) in [5.74, 6) is -1.60. The number of nitrogens with zero attached hydrogens (tertiary/aromatic N) is 1. The minimum Gasteiger partial charge on any atom is -0.371 e. The van der Waals surface area contributed by atoms with Gasteiger partial charge in [-0.1, -0.05) is 6.07 Å². The Hall–Kier alpha value is -1.30. The summed E-state index contributed by atoms with van der Waals surface area (Å²) in [4.78, 5) is 1.84. The normalized spacial score (nSPS) is 18.9. The van der Waals surface area contributed by atoms with Gasteiger partial charge in [-0.05, 0) is 38.3 Å². The van der Waals surface area contributed by atoms with Crippen molar-refractivity contribution in [1.29, 1.82) is 0 Å². The molecule has 1 fully saturated rings. The van der Waals surface area contributed by atoms with Crippen molar-refractivity contribution >= 4 is 5.69 Å². The third-order valence-electron chi connectivity index (χ3n) is 3.92. The molecule has 1 saturated heterocycles. The molecule has 0 radical (unpaired) electrons. The highest BCUT2D eigenvalue weighted by Gasteiger charge is 2.41. The van der Waals surface area contributed by atoms with Crippen molar-refractivity contribution in [3.8, 4) is 0 Å². The number of anilines is 1. The molecular weight excluding hydrogens is 284 g/mol. The highest BCUT2D eigenvalue weighted by Crippen LogP contribution is 2.36. The zero-order valence-corrected chi connectivity index (χ0v) is 12.0. The van der Waals surface area contributed by atoms with Crippen molar-refractivity contribution in [3.63, 3.8) is 0 Å². The summed E-state index contributed by atoms with van der Waals surface area (Å²) in [6.45, 7) is 2.37. The lowest BCUT2D eigenvalue weighted by atomic mass is 9.94. The van der Waals surface area contributed by atoms with Gasteiger partial charge in [-0.3, -0.25) is 0 Å². The quantitative estimate of drug-likeness (QED) is 0.866. The van der Waals surface area contributed by atoms with Crippen LogP contribution in [0.1, 0.15) is 25.3 Å². The Bertz CT molecular complexity index is 477. The summed E-state index contributed by atoms with van der Waals surface area (Å²) in [5.41, 5.74) is 6.91. The molecule has 0 aromatic heterocycles. The maximum Gasteiger partial charge on any atom is 0.391 e. The fourth-order valence-electron chi connectivity index (χ4n) is 2.82. The molecule has 1 heterocycles. The van der Waals surface area contributed by atoms with Crippen molar-refractivity contribution in [2.75, 3.05) is 18.0 Å². The van der Waals surface area contributed by atoms with Gasteiger partial charge >= 0.3 is 6.18 Å². The summed E-state index contributed by atoms with van der Waals surface area (Å²) >= 11 is 0. The molecule has 1 atom stereocenters. The molecule has 1 aromatic rings. The van der Waals surface area contributed by atoms with E-state index < -0.39 is 12.1 Å². The highest BCUT2D eigenvalue weighted by molar-refractivity contribution is 5.55. The van der Waals surface area contributed by atoms with Crippen molar-refractivity contribution in [1.82, 2.24) is 0 Å². The third kappa shape index (κ3) is 3.87. The summed E-state index contributed by atoms with van der Waals surface area (Å²) < 4.78 is 52.0. The van der Waals surface area contributed by atoms with Crippen LogP contribution in [0.4, 0.5) is 23.2 Å². The third-order valence-corrected chi connectivity index (χ3v) is 3.92. The SMILES string of the molecule is CC(N)Cc1c(F)cccc1N1CCC(C(F)(F)F)CC1. The number of halogens is 4. The number of piperidine rings is 1. The Kier molecular flexibility index (Phi) is 4.76. The Labute approximate surface area is 121 Å². The molecule has 2 N–H and O–H groups in total. The van der Waals surface area contributed by atoms with Crippen LogP contribution in [0.2, 0.25) is 0 Å². The van der Waals surface area contributed by atoms with Crippen LogP contribution in [0.5, 0.6) is 0 Å². The molecule has 118 valence electrons. The molecule has 1 aromatic carbocycles. The van der Waals surface area contributed by atoms with Gasteiger partial charge in [-0.15, -0.1) is 0 Å². The molecule has 0 aliphatic carbocycles. The molecule has 21 heavy (non-hydrogen) atoms. The maximum atomic E-state index is 14.0. The van der Waals surface area contributed by atoms with Gasteiger partial charge in [-0.25, -0.2) is 4.39 Å². The Morgan fingerprint density at radius 2 is 1.90 bits per heavy atom. The van der Waals surface area contributed by atoms with Gasteiger partial charge < -0.3 is 10.6 Å². The van der Waals surface area contributed by atoms with E-state index in [1.165, 1.54) is 6.07 Å². The number of benzene rings is 1. The van der Waals surface area contributed by atoms with Gasteiger partial charge in [0.2, 0.25) is 0 Å². The van der Waals surface area contributed by atoms with E-state index in [4.69, 9.17) is 5.73 Å². The van der Waals surface area contributed by atoms with Gasteiger partial charge in [0, 0.05) is 30.4 Å². The van der Waals surface area contributed by atoms with Crippen LogP contribution in [0.25, 0.3) is 0 Å². The van der Waals surface area contributed by atoms with Gasteiger partial charge in [0.1, 0.15) is 5.82 Å². The minimum atomic E-state index is -4.14. The molecule has 0 bridgehead atoms.